The Labute approximate surface area is 112 Å². The summed E-state index contributed by atoms with van der Waals surface area (Å²) in [6, 6.07) is 0. The lowest BCUT2D eigenvalue weighted by Crippen LogP contribution is -2.43. The van der Waals surface area contributed by atoms with E-state index in [1.165, 1.54) is 6.42 Å². The van der Waals surface area contributed by atoms with E-state index < -0.39 is 0 Å². The van der Waals surface area contributed by atoms with Crippen LogP contribution in [0.5, 0.6) is 0 Å². The summed E-state index contributed by atoms with van der Waals surface area (Å²) >= 11 is 3.38. The fraction of sp³-hybridized carbons (Fsp3) is 0.833. The summed E-state index contributed by atoms with van der Waals surface area (Å²) in [5.74, 6) is 3.21. The van der Waals surface area contributed by atoms with Crippen molar-refractivity contribution in [3.05, 3.63) is 0 Å². The van der Waals surface area contributed by atoms with Crippen molar-refractivity contribution in [2.45, 2.75) is 20.3 Å². The molecule has 0 aromatic carbocycles. The molecule has 2 aliphatic rings. The van der Waals surface area contributed by atoms with Gasteiger partial charge < -0.3 is 4.90 Å². The molecule has 0 aromatic rings. The van der Waals surface area contributed by atoms with E-state index in [4.69, 9.17) is 0 Å². The second-order valence-electron chi connectivity index (χ2n) is 5.03. The Kier molecular flexibility index (Phi) is 4.79. The Morgan fingerprint density at radius 1 is 1.47 bits per heavy atom. The first-order chi connectivity index (χ1) is 8.15. The molecule has 5 heteroatoms. The fourth-order valence-corrected chi connectivity index (χ4v) is 4.40. The Hall–Kier alpha value is -0.160. The van der Waals surface area contributed by atoms with Gasteiger partial charge in [0.2, 0.25) is 5.91 Å². The maximum Gasteiger partial charge on any atom is 0.233 e. The van der Waals surface area contributed by atoms with E-state index in [0.29, 0.717) is 17.6 Å². The number of rotatable bonds is 2. The minimum atomic E-state index is 0.281. The van der Waals surface area contributed by atoms with Gasteiger partial charge in [-0.3, -0.25) is 9.79 Å². The number of amides is 1. The predicted molar refractivity (Wildman–Crippen MR) is 76.7 cm³/mol. The van der Waals surface area contributed by atoms with E-state index >= 15 is 0 Å². The van der Waals surface area contributed by atoms with E-state index in [-0.39, 0.29) is 5.91 Å². The number of hydrogen-bond acceptors (Lipinski definition) is 4. The van der Waals surface area contributed by atoms with Gasteiger partial charge >= 0.3 is 0 Å². The lowest BCUT2D eigenvalue weighted by Gasteiger charge is -2.35. The van der Waals surface area contributed by atoms with Crippen LogP contribution in [-0.2, 0) is 4.79 Å². The molecule has 0 radical (unpaired) electrons. The maximum atomic E-state index is 12.1. The highest BCUT2D eigenvalue weighted by Gasteiger charge is 2.25. The molecule has 2 aliphatic heterocycles. The first kappa shape index (κ1) is 13.3. The van der Waals surface area contributed by atoms with Gasteiger partial charge in [0.1, 0.15) is 4.38 Å². The molecule has 0 aromatic heterocycles. The molecule has 2 unspecified atom stereocenters. The van der Waals surface area contributed by atoms with Crippen molar-refractivity contribution < 1.29 is 4.79 Å². The molecule has 0 aliphatic carbocycles. The summed E-state index contributed by atoms with van der Waals surface area (Å²) in [5.41, 5.74) is 0. The van der Waals surface area contributed by atoms with Gasteiger partial charge in [0, 0.05) is 18.8 Å². The summed E-state index contributed by atoms with van der Waals surface area (Å²) in [7, 11) is 0. The standard InChI is InChI=1S/C12H20N2OS2/c1-9-5-10(2)7-14(6-9)11(15)8-17-12-13-3-4-16-12/h9-10H,3-8H2,1-2H3. The van der Waals surface area contributed by atoms with Gasteiger partial charge in [-0.05, 0) is 18.3 Å². The molecule has 0 spiro atoms. The molecule has 2 rings (SSSR count). The number of carbonyl (C=O) groups excluding carboxylic acids is 1. The first-order valence-corrected chi connectivity index (χ1v) is 8.20. The third-order valence-corrected chi connectivity index (χ3v) is 5.34. The zero-order valence-electron chi connectivity index (χ0n) is 10.5. The van der Waals surface area contributed by atoms with E-state index in [1.807, 2.05) is 4.90 Å². The first-order valence-electron chi connectivity index (χ1n) is 6.23. The predicted octanol–water partition coefficient (Wildman–Crippen LogP) is 2.33. The topological polar surface area (TPSA) is 32.7 Å². The van der Waals surface area contributed by atoms with Gasteiger partial charge in [0.25, 0.3) is 0 Å². The smallest absolute Gasteiger partial charge is 0.233 e. The average molecular weight is 272 g/mol. The van der Waals surface area contributed by atoms with Crippen LogP contribution in [0.1, 0.15) is 20.3 Å². The number of thioether (sulfide) groups is 2. The van der Waals surface area contributed by atoms with Crippen molar-refractivity contribution in [2.75, 3.05) is 31.1 Å². The fourth-order valence-electron chi connectivity index (χ4n) is 2.48. The molecular formula is C12H20N2OS2. The summed E-state index contributed by atoms with van der Waals surface area (Å²) in [6.07, 6.45) is 1.25. The van der Waals surface area contributed by atoms with Crippen molar-refractivity contribution in [2.24, 2.45) is 16.8 Å². The summed E-state index contributed by atoms with van der Waals surface area (Å²) < 4.78 is 1.09. The van der Waals surface area contributed by atoms with Crippen LogP contribution in [0.2, 0.25) is 0 Å². The van der Waals surface area contributed by atoms with Gasteiger partial charge in [0.15, 0.2) is 0 Å². The molecule has 2 heterocycles. The van der Waals surface area contributed by atoms with Gasteiger partial charge in [0.05, 0.1) is 12.3 Å². The number of aliphatic imine (C=N–C) groups is 1. The van der Waals surface area contributed by atoms with Crippen LogP contribution >= 0.6 is 23.5 Å². The van der Waals surface area contributed by atoms with Crippen LogP contribution in [0, 0.1) is 11.8 Å². The highest BCUT2D eigenvalue weighted by atomic mass is 32.2. The summed E-state index contributed by atoms with van der Waals surface area (Å²) in [4.78, 5) is 18.5. The van der Waals surface area contributed by atoms with E-state index in [1.54, 1.807) is 23.5 Å². The van der Waals surface area contributed by atoms with Crippen LogP contribution in [0.3, 0.4) is 0 Å². The minimum absolute atomic E-state index is 0.281. The molecule has 1 saturated heterocycles. The van der Waals surface area contributed by atoms with Gasteiger partial charge in [-0.2, -0.15) is 0 Å². The molecule has 0 N–H and O–H groups in total. The summed E-state index contributed by atoms with van der Waals surface area (Å²) in [5, 5.41) is 0. The van der Waals surface area contributed by atoms with Crippen LogP contribution in [0.15, 0.2) is 4.99 Å². The van der Waals surface area contributed by atoms with Crippen LogP contribution in [-0.4, -0.2) is 46.3 Å². The Morgan fingerprint density at radius 3 is 2.76 bits per heavy atom. The van der Waals surface area contributed by atoms with Crippen LogP contribution < -0.4 is 0 Å². The van der Waals surface area contributed by atoms with E-state index in [9.17, 15) is 4.79 Å². The van der Waals surface area contributed by atoms with E-state index in [0.717, 1.165) is 29.8 Å². The number of piperidine rings is 1. The third-order valence-electron chi connectivity index (χ3n) is 3.10. The monoisotopic (exact) mass is 272 g/mol. The molecule has 0 saturated carbocycles. The Morgan fingerprint density at radius 2 is 2.18 bits per heavy atom. The number of carbonyl (C=O) groups is 1. The average Bonchev–Trinajstić information content (AvgIpc) is 2.77. The zero-order chi connectivity index (χ0) is 12.3. The third kappa shape index (κ3) is 3.91. The maximum absolute atomic E-state index is 12.1. The van der Waals surface area contributed by atoms with Gasteiger partial charge in [-0.1, -0.05) is 37.4 Å². The number of likely N-dealkylation sites (tertiary alicyclic amines) is 1. The Balaban J connectivity index is 1.78. The molecule has 1 fully saturated rings. The molecular weight excluding hydrogens is 252 g/mol. The molecule has 0 bridgehead atoms. The van der Waals surface area contributed by atoms with Crippen molar-refractivity contribution in [1.82, 2.24) is 4.90 Å². The molecule has 2 atom stereocenters. The quantitative estimate of drug-likeness (QED) is 0.773. The zero-order valence-corrected chi connectivity index (χ0v) is 12.1. The molecule has 3 nitrogen and oxygen atoms in total. The van der Waals surface area contributed by atoms with Crippen molar-refractivity contribution >= 4 is 33.8 Å². The SMILES string of the molecule is CC1CC(C)CN(C(=O)CSC2=NCCS2)C1. The van der Waals surface area contributed by atoms with Crippen molar-refractivity contribution in [3.8, 4) is 0 Å². The van der Waals surface area contributed by atoms with Crippen molar-refractivity contribution in [1.29, 1.82) is 0 Å². The minimum Gasteiger partial charge on any atom is -0.341 e. The second-order valence-corrected chi connectivity index (χ2v) is 7.34. The largest absolute Gasteiger partial charge is 0.341 e. The second kappa shape index (κ2) is 6.14. The summed E-state index contributed by atoms with van der Waals surface area (Å²) in [6.45, 7) is 7.26. The lowest BCUT2D eigenvalue weighted by atomic mass is 9.92. The van der Waals surface area contributed by atoms with Gasteiger partial charge in [-0.15, -0.1) is 0 Å². The highest BCUT2D eigenvalue weighted by Crippen LogP contribution is 2.24. The van der Waals surface area contributed by atoms with E-state index in [2.05, 4.69) is 18.8 Å². The van der Waals surface area contributed by atoms with Gasteiger partial charge in [-0.25, -0.2) is 0 Å². The van der Waals surface area contributed by atoms with Crippen LogP contribution in [0.25, 0.3) is 0 Å². The molecule has 96 valence electrons. The number of nitrogens with zero attached hydrogens (tertiary/aromatic N) is 2. The number of hydrogen-bond donors (Lipinski definition) is 0. The van der Waals surface area contributed by atoms with Crippen LogP contribution in [0.4, 0.5) is 0 Å². The molecule has 1 amide bonds. The van der Waals surface area contributed by atoms with Crippen molar-refractivity contribution in [3.63, 3.8) is 0 Å². The Bertz CT molecular complexity index is 310. The normalized spacial score (nSPS) is 29.3. The highest BCUT2D eigenvalue weighted by molar-refractivity contribution is 8.39. The molecule has 17 heavy (non-hydrogen) atoms. The lowest BCUT2D eigenvalue weighted by molar-refractivity contribution is -0.130.